The van der Waals surface area contributed by atoms with Gasteiger partial charge in [0.05, 0.1) is 29.9 Å². The highest BCUT2D eigenvalue weighted by atomic mass is 32.2. The summed E-state index contributed by atoms with van der Waals surface area (Å²) in [6.45, 7) is 2.37. The lowest BCUT2D eigenvalue weighted by Crippen LogP contribution is -2.48. The molecule has 0 atom stereocenters. The maximum atomic E-state index is 13.6. The van der Waals surface area contributed by atoms with Crippen molar-refractivity contribution in [2.45, 2.75) is 43.4 Å². The maximum Gasteiger partial charge on any atom is 0.252 e. The summed E-state index contributed by atoms with van der Waals surface area (Å²) in [7, 11) is -3.50. The summed E-state index contributed by atoms with van der Waals surface area (Å²) < 4.78 is 33.1. The third-order valence-electron chi connectivity index (χ3n) is 7.10. The van der Waals surface area contributed by atoms with Crippen LogP contribution >= 0.6 is 0 Å². The van der Waals surface area contributed by atoms with E-state index in [9.17, 15) is 13.2 Å². The van der Waals surface area contributed by atoms with Crippen LogP contribution in [-0.2, 0) is 28.4 Å². The quantitative estimate of drug-likeness (QED) is 0.319. The first-order valence-corrected chi connectivity index (χ1v) is 14.7. The Hall–Kier alpha value is -4.38. The van der Waals surface area contributed by atoms with Crippen LogP contribution in [0.4, 0.5) is 5.82 Å². The number of fused-ring (bicyclic) bond motifs is 1. The summed E-state index contributed by atoms with van der Waals surface area (Å²) in [4.78, 5) is 31.3. The van der Waals surface area contributed by atoms with Gasteiger partial charge in [0.25, 0.3) is 5.91 Å². The molecule has 2 heterocycles. The number of amides is 1. The van der Waals surface area contributed by atoms with Gasteiger partial charge in [-0.05, 0) is 49.1 Å². The first-order valence-electron chi connectivity index (χ1n) is 13.1. The monoisotopic (exact) mass is 556 g/mol. The molecule has 0 spiro atoms. The minimum Gasteiger partial charge on any atom is -0.477 e. The van der Waals surface area contributed by atoms with Gasteiger partial charge < -0.3 is 10.1 Å². The van der Waals surface area contributed by atoms with Gasteiger partial charge in [0.15, 0.2) is 5.82 Å². The molecule has 0 saturated heterocycles. The van der Waals surface area contributed by atoms with Crippen LogP contribution in [0.25, 0.3) is 11.3 Å². The van der Waals surface area contributed by atoms with E-state index in [1.165, 1.54) is 12.3 Å². The molecule has 0 radical (unpaired) electrons. The Kier molecular flexibility index (Phi) is 6.67. The van der Waals surface area contributed by atoms with Crippen LogP contribution in [0.15, 0.2) is 73.2 Å². The van der Waals surface area contributed by atoms with Crippen molar-refractivity contribution in [2.24, 2.45) is 0 Å². The van der Waals surface area contributed by atoms with E-state index in [1.807, 2.05) is 43.3 Å². The molecule has 40 heavy (non-hydrogen) atoms. The Balaban J connectivity index is 1.28. The van der Waals surface area contributed by atoms with Crippen molar-refractivity contribution in [1.82, 2.24) is 25.3 Å². The van der Waals surface area contributed by atoms with Crippen molar-refractivity contribution in [3.05, 3.63) is 95.7 Å². The van der Waals surface area contributed by atoms with Crippen molar-refractivity contribution in [3.63, 3.8) is 0 Å². The van der Waals surface area contributed by atoms with Gasteiger partial charge in [0.2, 0.25) is 15.9 Å². The Morgan fingerprint density at radius 3 is 2.40 bits per heavy atom. The summed E-state index contributed by atoms with van der Waals surface area (Å²) in [6, 6.07) is 16.6. The van der Waals surface area contributed by atoms with Crippen LogP contribution in [0.2, 0.25) is 0 Å². The molecule has 0 bridgehead atoms. The Bertz CT molecular complexity index is 1650. The van der Waals surface area contributed by atoms with Crippen LogP contribution < -0.4 is 14.8 Å². The fourth-order valence-corrected chi connectivity index (χ4v) is 6.29. The van der Waals surface area contributed by atoms with Crippen LogP contribution in [-0.4, -0.2) is 46.1 Å². The zero-order chi connectivity index (χ0) is 27.7. The number of benzene rings is 2. The van der Waals surface area contributed by atoms with Gasteiger partial charge in [-0.3, -0.25) is 14.5 Å². The number of aromatic nitrogens is 4. The highest BCUT2D eigenvalue weighted by Gasteiger charge is 2.43. The molecule has 2 aliphatic carbocycles. The standard InChI is InChI=1S/C29H28N6O4S/c1-2-39-26-18-30-17-24(32-26)19-7-9-20(10-8-19)27(36)34-29(15-21-5-3-4-6-22(21)16-29)28-31-14-13-25(33-28)35-40(37,38)23-11-12-23/h3-10,13-14,17-18,23H,2,11-12,15-16H2,1H3,(H,34,36)(H,31,33,35). The summed E-state index contributed by atoms with van der Waals surface area (Å²) in [6.07, 6.45) is 6.97. The van der Waals surface area contributed by atoms with Crippen LogP contribution in [0.1, 0.15) is 47.1 Å². The molecule has 1 amide bonds. The zero-order valence-corrected chi connectivity index (χ0v) is 22.7. The highest BCUT2D eigenvalue weighted by Crippen LogP contribution is 2.37. The predicted molar refractivity (Wildman–Crippen MR) is 149 cm³/mol. The van der Waals surface area contributed by atoms with Crippen LogP contribution in [0.5, 0.6) is 5.88 Å². The van der Waals surface area contributed by atoms with E-state index >= 15 is 0 Å². The van der Waals surface area contributed by atoms with Crippen molar-refractivity contribution in [2.75, 3.05) is 11.3 Å². The summed E-state index contributed by atoms with van der Waals surface area (Å²) in [5, 5.41) is 2.81. The van der Waals surface area contributed by atoms with Gasteiger partial charge in [-0.2, -0.15) is 0 Å². The van der Waals surface area contributed by atoms with E-state index < -0.39 is 15.6 Å². The van der Waals surface area contributed by atoms with E-state index in [-0.39, 0.29) is 17.0 Å². The summed E-state index contributed by atoms with van der Waals surface area (Å²) in [5.74, 6) is 0.696. The minimum atomic E-state index is -3.50. The number of hydrogen-bond acceptors (Lipinski definition) is 8. The van der Waals surface area contributed by atoms with E-state index in [2.05, 4.69) is 30.0 Å². The number of rotatable bonds is 9. The van der Waals surface area contributed by atoms with Gasteiger partial charge >= 0.3 is 0 Å². The molecule has 11 heteroatoms. The SMILES string of the molecule is CCOc1cncc(-c2ccc(C(=O)NC3(c4nccc(NS(=O)(=O)C5CC5)n4)Cc4ccccc4C3)cc2)n1. The summed E-state index contributed by atoms with van der Waals surface area (Å²) >= 11 is 0. The molecule has 2 aromatic heterocycles. The second-order valence-corrected chi connectivity index (χ2v) is 12.0. The Morgan fingerprint density at radius 2 is 1.73 bits per heavy atom. The van der Waals surface area contributed by atoms with Crippen molar-refractivity contribution in [3.8, 4) is 17.1 Å². The van der Waals surface area contributed by atoms with Gasteiger partial charge in [0, 0.05) is 30.2 Å². The Labute approximate surface area is 232 Å². The van der Waals surface area contributed by atoms with Crippen molar-refractivity contribution >= 4 is 21.7 Å². The third-order valence-corrected chi connectivity index (χ3v) is 8.94. The van der Waals surface area contributed by atoms with Gasteiger partial charge in [0.1, 0.15) is 11.4 Å². The Morgan fingerprint density at radius 1 is 1.00 bits per heavy atom. The lowest BCUT2D eigenvalue weighted by molar-refractivity contribution is 0.0895. The second-order valence-electron chi connectivity index (χ2n) is 10.0. The summed E-state index contributed by atoms with van der Waals surface area (Å²) in [5.41, 5.74) is 3.11. The molecule has 0 aliphatic heterocycles. The lowest BCUT2D eigenvalue weighted by Gasteiger charge is -2.29. The molecule has 10 nitrogen and oxygen atoms in total. The zero-order valence-electron chi connectivity index (χ0n) is 21.9. The second kappa shape index (κ2) is 10.3. The molecule has 0 unspecified atom stereocenters. The molecular weight excluding hydrogens is 528 g/mol. The predicted octanol–water partition coefficient (Wildman–Crippen LogP) is 3.66. The molecule has 2 N–H and O–H groups in total. The van der Waals surface area contributed by atoms with Crippen LogP contribution in [0.3, 0.4) is 0 Å². The maximum absolute atomic E-state index is 13.6. The van der Waals surface area contributed by atoms with Crippen LogP contribution in [0, 0.1) is 0 Å². The van der Waals surface area contributed by atoms with E-state index in [4.69, 9.17) is 4.74 Å². The topological polar surface area (TPSA) is 136 Å². The first-order chi connectivity index (χ1) is 19.3. The molecule has 2 aliphatic rings. The number of hydrogen-bond donors (Lipinski definition) is 2. The molecule has 204 valence electrons. The molecular formula is C29H28N6O4S. The third kappa shape index (κ3) is 5.24. The molecule has 2 aromatic carbocycles. The molecule has 4 aromatic rings. The number of nitrogens with one attached hydrogen (secondary N) is 2. The fourth-order valence-electron chi connectivity index (χ4n) is 4.96. The fraction of sp³-hybridized carbons (Fsp3) is 0.276. The number of ether oxygens (including phenoxy) is 1. The van der Waals surface area contributed by atoms with Crippen molar-refractivity contribution in [1.29, 1.82) is 0 Å². The van der Waals surface area contributed by atoms with Gasteiger partial charge in [-0.15, -0.1) is 0 Å². The first kappa shape index (κ1) is 25.9. The van der Waals surface area contributed by atoms with E-state index in [0.29, 0.717) is 55.3 Å². The molecule has 6 rings (SSSR count). The number of carbonyl (C=O) groups is 1. The van der Waals surface area contributed by atoms with E-state index in [1.54, 1.807) is 24.5 Å². The normalized spacial score (nSPS) is 15.7. The molecule has 1 fully saturated rings. The van der Waals surface area contributed by atoms with Crippen molar-refractivity contribution < 1.29 is 17.9 Å². The number of nitrogens with zero attached hydrogens (tertiary/aromatic N) is 4. The number of anilines is 1. The average molecular weight is 557 g/mol. The molecule has 1 saturated carbocycles. The van der Waals surface area contributed by atoms with Gasteiger partial charge in [-0.25, -0.2) is 23.4 Å². The van der Waals surface area contributed by atoms with Gasteiger partial charge in [-0.1, -0.05) is 36.4 Å². The largest absolute Gasteiger partial charge is 0.477 e. The number of carbonyl (C=O) groups excluding carboxylic acids is 1. The minimum absolute atomic E-state index is 0.196. The highest BCUT2D eigenvalue weighted by molar-refractivity contribution is 7.93. The lowest BCUT2D eigenvalue weighted by atomic mass is 9.93. The average Bonchev–Trinajstić information content (AvgIpc) is 3.76. The smallest absolute Gasteiger partial charge is 0.252 e. The number of sulfonamides is 1. The van der Waals surface area contributed by atoms with E-state index in [0.717, 1.165) is 16.7 Å².